The molecule has 0 atom stereocenters. The summed E-state index contributed by atoms with van der Waals surface area (Å²) in [6, 6.07) is 0. The highest BCUT2D eigenvalue weighted by atomic mass is 16.9. The second-order valence-corrected chi connectivity index (χ2v) is 3.48. The number of hydrogen-bond acceptors (Lipinski definition) is 5. The molecule has 0 saturated carbocycles. The van der Waals surface area contributed by atoms with Gasteiger partial charge in [0.05, 0.1) is 6.67 Å². The molecule has 0 unspecified atom stereocenters. The maximum absolute atomic E-state index is 10.4. The SMILES string of the molecule is CCCCN1C=CN(CC(=O)O)C1.O=[N+]([O-])O. The molecule has 0 aromatic carbocycles. The first kappa shape index (κ1) is 15.0. The van der Waals surface area contributed by atoms with E-state index < -0.39 is 11.1 Å². The Balaban J connectivity index is 0.000000557. The molecule has 0 radical (unpaired) electrons. The number of rotatable bonds is 5. The van der Waals surface area contributed by atoms with Crippen LogP contribution in [0.3, 0.4) is 0 Å². The van der Waals surface area contributed by atoms with Gasteiger partial charge < -0.3 is 20.1 Å². The quantitative estimate of drug-likeness (QED) is 0.540. The number of aliphatic carboxylic acids is 1. The minimum atomic E-state index is -1.50. The van der Waals surface area contributed by atoms with E-state index in [-0.39, 0.29) is 6.54 Å². The predicted octanol–water partition coefficient (Wildman–Crippen LogP) is 0.570. The van der Waals surface area contributed by atoms with E-state index in [2.05, 4.69) is 11.8 Å². The minimum absolute atomic E-state index is 0.0964. The molecule has 1 aliphatic heterocycles. The number of carboxylic acids is 1. The van der Waals surface area contributed by atoms with Crippen molar-refractivity contribution in [3.8, 4) is 0 Å². The van der Waals surface area contributed by atoms with Crippen LogP contribution in [0.25, 0.3) is 0 Å². The molecule has 0 aromatic rings. The lowest BCUT2D eigenvalue weighted by molar-refractivity contribution is -0.742. The van der Waals surface area contributed by atoms with Crippen molar-refractivity contribution in [2.45, 2.75) is 19.8 Å². The molecule has 2 N–H and O–H groups in total. The zero-order valence-electron chi connectivity index (χ0n) is 9.65. The van der Waals surface area contributed by atoms with Gasteiger partial charge >= 0.3 is 5.97 Å². The van der Waals surface area contributed by atoms with Crippen molar-refractivity contribution in [3.63, 3.8) is 0 Å². The summed E-state index contributed by atoms with van der Waals surface area (Å²) in [6.45, 7) is 3.98. The number of carboxylic acid groups (broad SMARTS) is 1. The van der Waals surface area contributed by atoms with Crippen molar-refractivity contribution in [1.29, 1.82) is 0 Å². The molecule has 1 aliphatic rings. The van der Waals surface area contributed by atoms with Crippen molar-refractivity contribution in [3.05, 3.63) is 22.5 Å². The van der Waals surface area contributed by atoms with Crippen LogP contribution in [0.15, 0.2) is 12.4 Å². The Kier molecular flexibility index (Phi) is 7.24. The van der Waals surface area contributed by atoms with E-state index >= 15 is 0 Å². The van der Waals surface area contributed by atoms with Gasteiger partial charge in [0, 0.05) is 18.9 Å². The third-order valence-corrected chi connectivity index (χ3v) is 1.99. The van der Waals surface area contributed by atoms with Crippen molar-refractivity contribution in [2.75, 3.05) is 19.8 Å². The fourth-order valence-electron chi connectivity index (χ4n) is 1.30. The molecule has 0 aromatic heterocycles. The van der Waals surface area contributed by atoms with Crippen LogP contribution in [0.1, 0.15) is 19.8 Å². The van der Waals surface area contributed by atoms with Crippen LogP contribution < -0.4 is 0 Å². The molecule has 0 fully saturated rings. The molecule has 0 aliphatic carbocycles. The van der Waals surface area contributed by atoms with Gasteiger partial charge in [0.15, 0.2) is 0 Å². The summed E-state index contributed by atoms with van der Waals surface area (Å²) in [5.74, 6) is -0.776. The van der Waals surface area contributed by atoms with Crippen LogP contribution in [0.2, 0.25) is 0 Å². The maximum atomic E-state index is 10.4. The van der Waals surface area contributed by atoms with Crippen LogP contribution in [0.4, 0.5) is 0 Å². The van der Waals surface area contributed by atoms with E-state index in [0.717, 1.165) is 13.0 Å². The number of nitrogens with zero attached hydrogens (tertiary/aromatic N) is 3. The minimum Gasteiger partial charge on any atom is -0.480 e. The normalized spacial score (nSPS) is 13.2. The van der Waals surface area contributed by atoms with Crippen LogP contribution >= 0.6 is 0 Å². The van der Waals surface area contributed by atoms with E-state index in [1.807, 2.05) is 12.4 Å². The standard InChI is InChI=1S/C9H16N2O2.HNO3/c1-2-3-4-10-5-6-11(8-10)7-9(12)13;2-1(3)4/h5-6H,2-4,7-8H2,1H3,(H,12,13);(H,2,3,4). The maximum Gasteiger partial charge on any atom is 0.323 e. The first-order valence-corrected chi connectivity index (χ1v) is 5.17. The fourth-order valence-corrected chi connectivity index (χ4v) is 1.30. The molecule has 8 nitrogen and oxygen atoms in total. The monoisotopic (exact) mass is 247 g/mol. The molecule has 8 heteroatoms. The third-order valence-electron chi connectivity index (χ3n) is 1.99. The van der Waals surface area contributed by atoms with Crippen molar-refractivity contribution in [1.82, 2.24) is 9.80 Å². The molecule has 1 rings (SSSR count). The molecule has 0 amide bonds. The lowest BCUT2D eigenvalue weighted by Gasteiger charge is -2.19. The second kappa shape index (κ2) is 8.20. The predicted molar refractivity (Wildman–Crippen MR) is 58.7 cm³/mol. The average Bonchev–Trinajstić information content (AvgIpc) is 2.60. The summed E-state index contributed by atoms with van der Waals surface area (Å²) in [5, 5.41) is 22.2. The van der Waals surface area contributed by atoms with Crippen molar-refractivity contribution < 1.29 is 20.2 Å². The highest BCUT2D eigenvalue weighted by Gasteiger charge is 2.13. The smallest absolute Gasteiger partial charge is 0.323 e. The highest BCUT2D eigenvalue weighted by molar-refractivity contribution is 5.69. The van der Waals surface area contributed by atoms with Crippen LogP contribution in [0, 0.1) is 10.1 Å². The van der Waals surface area contributed by atoms with E-state index in [1.165, 1.54) is 6.42 Å². The summed E-state index contributed by atoms with van der Waals surface area (Å²) in [6.07, 6.45) is 6.12. The zero-order valence-corrected chi connectivity index (χ0v) is 9.65. The van der Waals surface area contributed by atoms with Gasteiger partial charge in [-0.05, 0) is 6.42 Å². The molecule has 1 heterocycles. The highest BCUT2D eigenvalue weighted by Crippen LogP contribution is 2.06. The first-order chi connectivity index (χ1) is 7.95. The Morgan fingerprint density at radius 2 is 2.00 bits per heavy atom. The molecule has 0 saturated heterocycles. The van der Waals surface area contributed by atoms with E-state index in [9.17, 15) is 4.79 Å². The first-order valence-electron chi connectivity index (χ1n) is 5.17. The van der Waals surface area contributed by atoms with Gasteiger partial charge in [-0.1, -0.05) is 13.3 Å². The molecule has 0 bridgehead atoms. The zero-order chi connectivity index (χ0) is 13.3. The van der Waals surface area contributed by atoms with Gasteiger partial charge in [0.1, 0.15) is 6.54 Å². The van der Waals surface area contributed by atoms with Gasteiger partial charge in [-0.15, -0.1) is 10.1 Å². The summed E-state index contributed by atoms with van der Waals surface area (Å²) in [4.78, 5) is 22.7. The van der Waals surface area contributed by atoms with Gasteiger partial charge in [0.2, 0.25) is 0 Å². The second-order valence-electron chi connectivity index (χ2n) is 3.48. The van der Waals surface area contributed by atoms with Crippen molar-refractivity contribution >= 4 is 5.97 Å². The average molecular weight is 247 g/mol. The van der Waals surface area contributed by atoms with E-state index in [4.69, 9.17) is 20.4 Å². The molecule has 98 valence electrons. The topological polar surface area (TPSA) is 107 Å². The summed E-state index contributed by atoms with van der Waals surface area (Å²) < 4.78 is 0. The Morgan fingerprint density at radius 1 is 1.47 bits per heavy atom. The van der Waals surface area contributed by atoms with Gasteiger partial charge in [-0.25, -0.2) is 0 Å². The van der Waals surface area contributed by atoms with Gasteiger partial charge in [-0.2, -0.15) is 0 Å². The lowest BCUT2D eigenvalue weighted by Crippen LogP contribution is -2.29. The van der Waals surface area contributed by atoms with E-state index in [0.29, 0.717) is 6.67 Å². The Bertz CT molecular complexity index is 278. The summed E-state index contributed by atoms with van der Waals surface area (Å²) in [7, 11) is 0. The lowest BCUT2D eigenvalue weighted by atomic mass is 10.3. The summed E-state index contributed by atoms with van der Waals surface area (Å²) in [5.41, 5.74) is 0. The Labute approximate surface area is 98.8 Å². The molecule has 17 heavy (non-hydrogen) atoms. The van der Waals surface area contributed by atoms with Crippen LogP contribution in [-0.4, -0.2) is 50.9 Å². The number of hydrogen-bond donors (Lipinski definition) is 2. The molecular weight excluding hydrogens is 230 g/mol. The largest absolute Gasteiger partial charge is 0.480 e. The van der Waals surface area contributed by atoms with Crippen molar-refractivity contribution in [2.24, 2.45) is 0 Å². The number of unbranched alkanes of at least 4 members (excludes halogenated alkanes) is 1. The fraction of sp³-hybridized carbons (Fsp3) is 0.667. The van der Waals surface area contributed by atoms with Crippen LogP contribution in [0.5, 0.6) is 0 Å². The Morgan fingerprint density at radius 3 is 2.47 bits per heavy atom. The van der Waals surface area contributed by atoms with Gasteiger partial charge in [-0.3, -0.25) is 4.79 Å². The molecular formula is C9H17N3O5. The Hall–Kier alpha value is -1.99. The summed E-state index contributed by atoms with van der Waals surface area (Å²) >= 11 is 0. The molecule has 0 spiro atoms. The number of carbonyl (C=O) groups is 1. The van der Waals surface area contributed by atoms with Gasteiger partial charge in [0.25, 0.3) is 5.09 Å². The third kappa shape index (κ3) is 8.97. The van der Waals surface area contributed by atoms with E-state index in [1.54, 1.807) is 4.90 Å². The van der Waals surface area contributed by atoms with Crippen LogP contribution in [-0.2, 0) is 4.79 Å².